The van der Waals surface area contributed by atoms with Crippen LogP contribution in [0.1, 0.15) is 47.8 Å². The summed E-state index contributed by atoms with van der Waals surface area (Å²) in [4.78, 5) is 12.4. The van der Waals surface area contributed by atoms with Crippen molar-refractivity contribution in [1.82, 2.24) is 0 Å². The van der Waals surface area contributed by atoms with E-state index in [4.69, 9.17) is 32.7 Å². The van der Waals surface area contributed by atoms with Crippen LogP contribution in [-0.4, -0.2) is 24.6 Å². The summed E-state index contributed by atoms with van der Waals surface area (Å²) in [6.07, 6.45) is -1.42. The highest BCUT2D eigenvalue weighted by Crippen LogP contribution is 2.43. The number of rotatable bonds is 4. The third-order valence-electron chi connectivity index (χ3n) is 4.71. The van der Waals surface area contributed by atoms with Crippen molar-refractivity contribution < 1.29 is 23.0 Å². The smallest absolute Gasteiger partial charge is 0.338 e. The Bertz CT molecular complexity index is 992. The molecule has 0 spiro atoms. The van der Waals surface area contributed by atoms with Gasteiger partial charge in [0.15, 0.2) is 5.60 Å². The molecule has 160 valence electrons. The molecule has 1 heterocycles. The standard InChI is InChI=1S/C23H22Cl2F2O3/c1-13-7-14(5-6-19(13)20(28)30-22(2,3)4)15-11-23(21(26)27,29-12-15)16-8-17(24)10-18(25)9-16/h5-11,21H,12H2,1-4H3. The van der Waals surface area contributed by atoms with E-state index >= 15 is 0 Å². The molecule has 2 aromatic carbocycles. The summed E-state index contributed by atoms with van der Waals surface area (Å²) in [7, 11) is 0. The SMILES string of the molecule is Cc1cc(C2=CC(c3cc(Cl)cc(Cl)c3)(C(F)F)OC2)ccc1C(=O)OC(C)(C)C. The molecule has 0 fully saturated rings. The maximum absolute atomic E-state index is 14.1. The minimum Gasteiger partial charge on any atom is -0.456 e. The molecule has 0 radical (unpaired) electrons. The Labute approximate surface area is 184 Å². The highest BCUT2D eigenvalue weighted by atomic mass is 35.5. The fourth-order valence-electron chi connectivity index (χ4n) is 3.33. The van der Waals surface area contributed by atoms with E-state index < -0.39 is 23.6 Å². The van der Waals surface area contributed by atoms with Crippen LogP contribution in [0.2, 0.25) is 10.0 Å². The van der Waals surface area contributed by atoms with Gasteiger partial charge in [-0.1, -0.05) is 35.3 Å². The molecule has 1 atom stereocenters. The number of ether oxygens (including phenoxy) is 2. The Morgan fingerprint density at radius 3 is 2.30 bits per heavy atom. The van der Waals surface area contributed by atoms with Gasteiger partial charge in [-0.3, -0.25) is 0 Å². The molecule has 2 aromatic rings. The molecule has 1 aliphatic heterocycles. The zero-order chi connectivity index (χ0) is 22.3. The van der Waals surface area contributed by atoms with Crippen molar-refractivity contribution in [3.63, 3.8) is 0 Å². The van der Waals surface area contributed by atoms with E-state index in [-0.39, 0.29) is 22.2 Å². The van der Waals surface area contributed by atoms with Crippen molar-refractivity contribution >= 4 is 34.7 Å². The number of carbonyl (C=O) groups is 1. The molecular formula is C23H22Cl2F2O3. The first-order chi connectivity index (χ1) is 13.9. The van der Waals surface area contributed by atoms with Crippen molar-refractivity contribution in [2.24, 2.45) is 0 Å². The lowest BCUT2D eigenvalue weighted by atomic mass is 9.91. The van der Waals surface area contributed by atoms with Crippen LogP contribution >= 0.6 is 23.2 Å². The number of halogens is 4. The van der Waals surface area contributed by atoms with Crippen molar-refractivity contribution in [2.75, 3.05) is 6.61 Å². The number of aryl methyl sites for hydroxylation is 1. The summed E-state index contributed by atoms with van der Waals surface area (Å²) >= 11 is 12.0. The van der Waals surface area contributed by atoms with Crippen LogP contribution in [0, 0.1) is 6.92 Å². The van der Waals surface area contributed by atoms with Crippen LogP contribution in [0.25, 0.3) is 5.57 Å². The average Bonchev–Trinajstić information content (AvgIpc) is 3.06. The summed E-state index contributed by atoms with van der Waals surface area (Å²) in [6, 6.07) is 9.43. The molecule has 0 amide bonds. The van der Waals surface area contributed by atoms with Gasteiger partial charge in [0.2, 0.25) is 0 Å². The first-order valence-electron chi connectivity index (χ1n) is 9.36. The van der Waals surface area contributed by atoms with E-state index in [2.05, 4.69) is 0 Å². The van der Waals surface area contributed by atoms with Gasteiger partial charge in [0.1, 0.15) is 5.60 Å². The second-order valence-electron chi connectivity index (χ2n) is 8.24. The van der Waals surface area contributed by atoms with Gasteiger partial charge < -0.3 is 9.47 Å². The fraction of sp³-hybridized carbons (Fsp3) is 0.348. The quantitative estimate of drug-likeness (QED) is 0.474. The lowest BCUT2D eigenvalue weighted by molar-refractivity contribution is -0.0941. The van der Waals surface area contributed by atoms with Gasteiger partial charge in [-0.05, 0) is 80.3 Å². The van der Waals surface area contributed by atoms with Gasteiger partial charge >= 0.3 is 5.97 Å². The van der Waals surface area contributed by atoms with Gasteiger partial charge in [0.05, 0.1) is 12.2 Å². The van der Waals surface area contributed by atoms with Gasteiger partial charge in [0.25, 0.3) is 6.43 Å². The molecular weight excluding hydrogens is 433 g/mol. The second-order valence-corrected chi connectivity index (χ2v) is 9.11. The second kappa shape index (κ2) is 8.29. The van der Waals surface area contributed by atoms with Crippen molar-refractivity contribution in [2.45, 2.75) is 45.3 Å². The van der Waals surface area contributed by atoms with E-state index in [1.807, 2.05) is 0 Å². The molecule has 1 aliphatic rings. The van der Waals surface area contributed by atoms with Crippen LogP contribution in [-0.2, 0) is 15.1 Å². The van der Waals surface area contributed by atoms with Crippen molar-refractivity contribution in [3.8, 4) is 0 Å². The van der Waals surface area contributed by atoms with Crippen molar-refractivity contribution in [1.29, 1.82) is 0 Å². The molecule has 0 aliphatic carbocycles. The Balaban J connectivity index is 1.97. The first-order valence-corrected chi connectivity index (χ1v) is 10.1. The monoisotopic (exact) mass is 454 g/mol. The van der Waals surface area contributed by atoms with Gasteiger partial charge in [-0.2, -0.15) is 0 Å². The lowest BCUT2D eigenvalue weighted by Gasteiger charge is -2.26. The number of benzene rings is 2. The lowest BCUT2D eigenvalue weighted by Crippen LogP contribution is -2.32. The Morgan fingerprint density at radius 2 is 1.77 bits per heavy atom. The van der Waals surface area contributed by atoms with E-state index in [1.54, 1.807) is 45.9 Å². The third-order valence-corrected chi connectivity index (χ3v) is 5.15. The minimum atomic E-state index is -2.83. The largest absolute Gasteiger partial charge is 0.456 e. The third kappa shape index (κ3) is 4.69. The highest BCUT2D eigenvalue weighted by Gasteiger charge is 2.45. The molecule has 3 rings (SSSR count). The predicted molar refractivity (Wildman–Crippen MR) is 114 cm³/mol. The van der Waals surface area contributed by atoms with Crippen LogP contribution < -0.4 is 0 Å². The van der Waals surface area contributed by atoms with E-state index in [1.165, 1.54) is 24.3 Å². The van der Waals surface area contributed by atoms with Crippen LogP contribution in [0.3, 0.4) is 0 Å². The van der Waals surface area contributed by atoms with Crippen LogP contribution in [0.4, 0.5) is 8.78 Å². The minimum absolute atomic E-state index is 0.0142. The van der Waals surface area contributed by atoms with Gasteiger partial charge in [-0.15, -0.1) is 0 Å². The summed E-state index contributed by atoms with van der Waals surface area (Å²) in [6.45, 7) is 7.14. The molecule has 30 heavy (non-hydrogen) atoms. The maximum atomic E-state index is 14.1. The number of alkyl halides is 2. The number of hydrogen-bond donors (Lipinski definition) is 0. The summed E-state index contributed by atoms with van der Waals surface area (Å²) in [5, 5.41) is 0.501. The Kier molecular flexibility index (Phi) is 6.28. The average molecular weight is 455 g/mol. The summed E-state index contributed by atoms with van der Waals surface area (Å²) in [5.74, 6) is -0.432. The Morgan fingerprint density at radius 1 is 1.13 bits per heavy atom. The highest BCUT2D eigenvalue weighted by molar-refractivity contribution is 6.34. The van der Waals surface area contributed by atoms with E-state index in [9.17, 15) is 13.6 Å². The van der Waals surface area contributed by atoms with Crippen LogP contribution in [0.15, 0.2) is 42.5 Å². The number of carbonyl (C=O) groups excluding carboxylic acids is 1. The molecule has 0 saturated heterocycles. The molecule has 7 heteroatoms. The zero-order valence-electron chi connectivity index (χ0n) is 17.1. The Hall–Kier alpha value is -1.95. The molecule has 0 bridgehead atoms. The van der Waals surface area contributed by atoms with Crippen LogP contribution in [0.5, 0.6) is 0 Å². The first kappa shape index (κ1) is 22.7. The number of hydrogen-bond acceptors (Lipinski definition) is 3. The zero-order valence-corrected chi connectivity index (χ0v) is 18.6. The molecule has 0 aromatic heterocycles. The van der Waals surface area contributed by atoms with E-state index in [0.717, 1.165) is 0 Å². The molecule has 0 N–H and O–H groups in total. The number of esters is 1. The summed E-state index contributed by atoms with van der Waals surface area (Å²) < 4.78 is 39.3. The molecule has 0 saturated carbocycles. The van der Waals surface area contributed by atoms with E-state index in [0.29, 0.717) is 22.3 Å². The fourth-order valence-corrected chi connectivity index (χ4v) is 3.86. The normalized spacial score (nSPS) is 19.2. The topological polar surface area (TPSA) is 35.5 Å². The molecule has 1 unspecified atom stereocenters. The summed E-state index contributed by atoms with van der Waals surface area (Å²) in [5.41, 5.74) is 0.0199. The predicted octanol–water partition coefficient (Wildman–Crippen LogP) is 6.83. The van der Waals surface area contributed by atoms with Gasteiger partial charge in [0, 0.05) is 10.0 Å². The van der Waals surface area contributed by atoms with Gasteiger partial charge in [-0.25, -0.2) is 13.6 Å². The van der Waals surface area contributed by atoms with Crippen molar-refractivity contribution in [3.05, 3.63) is 74.8 Å². The maximum Gasteiger partial charge on any atom is 0.338 e. The molecule has 3 nitrogen and oxygen atoms in total.